The predicted molar refractivity (Wildman–Crippen MR) is 110 cm³/mol. The van der Waals surface area contributed by atoms with E-state index in [9.17, 15) is 9.18 Å². The lowest BCUT2D eigenvalue weighted by atomic mass is 9.89. The lowest BCUT2D eigenvalue weighted by Crippen LogP contribution is -2.34. The molecule has 8 heteroatoms. The van der Waals surface area contributed by atoms with Gasteiger partial charge in [-0.25, -0.2) is 9.37 Å². The molecule has 29 heavy (non-hydrogen) atoms. The van der Waals surface area contributed by atoms with E-state index in [1.165, 1.54) is 6.07 Å². The number of nitrogens with zero attached hydrogens (tertiary/aromatic N) is 4. The molecule has 3 aromatic rings. The highest BCUT2D eigenvalue weighted by Gasteiger charge is 2.48. The number of fused-ring (bicyclic) bond motifs is 2. The highest BCUT2D eigenvalue weighted by molar-refractivity contribution is 5.85. The summed E-state index contributed by atoms with van der Waals surface area (Å²) in [5, 5.41) is 8.45. The molecule has 5 rings (SSSR count). The van der Waals surface area contributed by atoms with Gasteiger partial charge in [0, 0.05) is 50.6 Å². The van der Waals surface area contributed by atoms with Gasteiger partial charge in [0.25, 0.3) is 0 Å². The number of halogens is 2. The summed E-state index contributed by atoms with van der Waals surface area (Å²) in [6, 6.07) is 10.6. The number of aromatic nitrogens is 3. The Balaban J connectivity index is 0.00000205. The van der Waals surface area contributed by atoms with Gasteiger partial charge in [0.1, 0.15) is 5.82 Å². The highest BCUT2D eigenvalue weighted by atomic mass is 35.5. The van der Waals surface area contributed by atoms with E-state index in [1.54, 1.807) is 25.3 Å². The van der Waals surface area contributed by atoms with Gasteiger partial charge < -0.3 is 4.90 Å². The van der Waals surface area contributed by atoms with Crippen molar-refractivity contribution in [2.24, 2.45) is 11.8 Å². The number of aromatic amines is 1. The van der Waals surface area contributed by atoms with Gasteiger partial charge in [0.15, 0.2) is 5.65 Å². The van der Waals surface area contributed by atoms with Crippen LogP contribution in [-0.4, -0.2) is 50.5 Å². The second-order valence-corrected chi connectivity index (χ2v) is 7.87. The third kappa shape index (κ3) is 3.49. The molecule has 2 aliphatic heterocycles. The van der Waals surface area contributed by atoms with E-state index in [2.05, 4.69) is 20.1 Å². The first-order valence-electron chi connectivity index (χ1n) is 9.63. The summed E-state index contributed by atoms with van der Waals surface area (Å²) in [4.78, 5) is 20.8. The Morgan fingerprint density at radius 3 is 2.90 bits per heavy atom. The molecule has 0 unspecified atom stereocenters. The number of amides is 1. The van der Waals surface area contributed by atoms with Gasteiger partial charge in [0.05, 0.1) is 11.7 Å². The van der Waals surface area contributed by atoms with Crippen molar-refractivity contribution < 1.29 is 9.18 Å². The SMILES string of the molecule is CC(=O)N1C[C@H]2CN(Cc3[nH]nc4ncccc34)C[C@H]2[C@H]1c1cccc(F)c1.Cl. The van der Waals surface area contributed by atoms with Gasteiger partial charge in [-0.1, -0.05) is 12.1 Å². The molecule has 0 saturated carbocycles. The van der Waals surface area contributed by atoms with Crippen molar-refractivity contribution in [3.63, 3.8) is 0 Å². The van der Waals surface area contributed by atoms with E-state index in [1.807, 2.05) is 23.1 Å². The number of pyridine rings is 1. The van der Waals surface area contributed by atoms with Crippen LogP contribution in [0.3, 0.4) is 0 Å². The van der Waals surface area contributed by atoms with Crippen molar-refractivity contribution in [2.45, 2.75) is 19.5 Å². The number of hydrogen-bond acceptors (Lipinski definition) is 4. The Kier molecular flexibility index (Phi) is 5.27. The zero-order chi connectivity index (χ0) is 19.3. The van der Waals surface area contributed by atoms with Crippen molar-refractivity contribution in [2.75, 3.05) is 19.6 Å². The third-order valence-electron chi connectivity index (χ3n) is 6.12. The van der Waals surface area contributed by atoms with Gasteiger partial charge >= 0.3 is 0 Å². The van der Waals surface area contributed by atoms with E-state index >= 15 is 0 Å². The molecule has 6 nitrogen and oxygen atoms in total. The number of carbonyl (C=O) groups is 1. The molecule has 0 radical (unpaired) electrons. The third-order valence-corrected chi connectivity index (χ3v) is 6.12. The number of nitrogens with one attached hydrogen (secondary N) is 1. The molecule has 1 aromatic carbocycles. The summed E-state index contributed by atoms with van der Waals surface area (Å²) < 4.78 is 13.8. The van der Waals surface area contributed by atoms with Gasteiger partial charge in [-0.3, -0.25) is 14.8 Å². The first-order valence-corrected chi connectivity index (χ1v) is 9.63. The molecule has 2 aliphatic rings. The second kappa shape index (κ2) is 7.72. The molecule has 0 spiro atoms. The van der Waals surface area contributed by atoms with Crippen LogP contribution in [0.5, 0.6) is 0 Å². The van der Waals surface area contributed by atoms with Gasteiger partial charge in [-0.05, 0) is 35.7 Å². The van der Waals surface area contributed by atoms with E-state index in [0.29, 0.717) is 11.8 Å². The topological polar surface area (TPSA) is 65.1 Å². The summed E-state index contributed by atoms with van der Waals surface area (Å²) in [7, 11) is 0. The maximum atomic E-state index is 13.8. The fourth-order valence-corrected chi connectivity index (χ4v) is 4.95. The molecule has 2 aromatic heterocycles. The Bertz CT molecular complexity index is 1040. The number of hydrogen-bond donors (Lipinski definition) is 1. The molecule has 2 saturated heterocycles. The van der Waals surface area contributed by atoms with Crippen LogP contribution in [0.15, 0.2) is 42.6 Å². The molecule has 1 amide bonds. The quantitative estimate of drug-likeness (QED) is 0.713. The van der Waals surface area contributed by atoms with E-state index in [0.717, 1.165) is 48.5 Å². The molecule has 4 heterocycles. The highest BCUT2D eigenvalue weighted by Crippen LogP contribution is 2.45. The minimum Gasteiger partial charge on any atom is -0.335 e. The zero-order valence-electron chi connectivity index (χ0n) is 16.1. The Morgan fingerprint density at radius 1 is 1.24 bits per heavy atom. The van der Waals surface area contributed by atoms with Crippen LogP contribution in [0.25, 0.3) is 11.0 Å². The number of likely N-dealkylation sites (tertiary alicyclic amines) is 2. The van der Waals surface area contributed by atoms with Crippen LogP contribution in [0.4, 0.5) is 4.39 Å². The molecule has 0 bridgehead atoms. The maximum absolute atomic E-state index is 13.8. The lowest BCUT2D eigenvalue weighted by molar-refractivity contribution is -0.130. The molecular formula is C21H23ClFN5O. The molecule has 152 valence electrons. The molecule has 0 aliphatic carbocycles. The summed E-state index contributed by atoms with van der Waals surface area (Å²) in [5.74, 6) is 0.499. The van der Waals surface area contributed by atoms with Gasteiger partial charge in [-0.15, -0.1) is 12.4 Å². The normalized spacial score (nSPS) is 23.9. The van der Waals surface area contributed by atoms with E-state index in [4.69, 9.17) is 0 Å². The molecule has 1 N–H and O–H groups in total. The standard InChI is InChI=1S/C21H22FN5O.ClH/c1-13(28)27-10-15-9-26(12-19-17-6-3-7-23-21(17)25-24-19)11-18(15)20(27)14-4-2-5-16(22)8-14;/h2-8,15,18,20H,9-12H2,1H3,(H,23,24,25);1H/t15-,18-,20-;/m1./s1. The number of carbonyl (C=O) groups excluding carboxylic acids is 1. The van der Waals surface area contributed by atoms with E-state index < -0.39 is 0 Å². The van der Waals surface area contributed by atoms with Crippen LogP contribution in [0, 0.1) is 17.7 Å². The fourth-order valence-electron chi connectivity index (χ4n) is 4.95. The smallest absolute Gasteiger partial charge is 0.219 e. The first kappa shape index (κ1) is 19.8. The van der Waals surface area contributed by atoms with Crippen molar-refractivity contribution >= 4 is 29.3 Å². The Labute approximate surface area is 174 Å². The average Bonchev–Trinajstić information content (AvgIpc) is 3.35. The van der Waals surface area contributed by atoms with Gasteiger partial charge in [0.2, 0.25) is 5.91 Å². The monoisotopic (exact) mass is 415 g/mol. The van der Waals surface area contributed by atoms with Crippen LogP contribution in [0.2, 0.25) is 0 Å². The van der Waals surface area contributed by atoms with E-state index in [-0.39, 0.29) is 30.2 Å². The molecule has 3 atom stereocenters. The summed E-state index contributed by atoms with van der Waals surface area (Å²) in [5.41, 5.74) is 2.69. The van der Waals surface area contributed by atoms with Gasteiger partial charge in [-0.2, -0.15) is 5.10 Å². The fraction of sp³-hybridized carbons (Fsp3) is 0.381. The summed E-state index contributed by atoms with van der Waals surface area (Å²) >= 11 is 0. The van der Waals surface area contributed by atoms with Crippen molar-refractivity contribution in [3.8, 4) is 0 Å². The van der Waals surface area contributed by atoms with Crippen molar-refractivity contribution in [1.29, 1.82) is 0 Å². The number of H-pyrrole nitrogens is 1. The van der Waals surface area contributed by atoms with Crippen LogP contribution < -0.4 is 0 Å². The molecule has 2 fully saturated rings. The largest absolute Gasteiger partial charge is 0.335 e. The van der Waals surface area contributed by atoms with Crippen LogP contribution in [0.1, 0.15) is 24.2 Å². The number of benzene rings is 1. The minimum absolute atomic E-state index is 0. The Morgan fingerprint density at radius 2 is 2.10 bits per heavy atom. The summed E-state index contributed by atoms with van der Waals surface area (Å²) in [6.45, 7) is 4.89. The van der Waals surface area contributed by atoms with Crippen LogP contribution >= 0.6 is 12.4 Å². The van der Waals surface area contributed by atoms with Crippen molar-refractivity contribution in [1.82, 2.24) is 25.0 Å². The molecular weight excluding hydrogens is 393 g/mol. The first-order chi connectivity index (χ1) is 13.6. The summed E-state index contributed by atoms with van der Waals surface area (Å²) in [6.07, 6.45) is 1.74. The average molecular weight is 416 g/mol. The Hall–Kier alpha value is -2.51. The predicted octanol–water partition coefficient (Wildman–Crippen LogP) is 3.17. The lowest BCUT2D eigenvalue weighted by Gasteiger charge is -2.29. The number of rotatable bonds is 3. The van der Waals surface area contributed by atoms with Crippen molar-refractivity contribution in [3.05, 3.63) is 59.7 Å². The minimum atomic E-state index is -0.254. The van der Waals surface area contributed by atoms with Crippen LogP contribution in [-0.2, 0) is 11.3 Å². The maximum Gasteiger partial charge on any atom is 0.219 e. The second-order valence-electron chi connectivity index (χ2n) is 7.87. The zero-order valence-corrected chi connectivity index (χ0v) is 16.9.